The van der Waals surface area contributed by atoms with E-state index < -0.39 is 0 Å². The Kier molecular flexibility index (Phi) is 6.20. The molecule has 5 heteroatoms. The summed E-state index contributed by atoms with van der Waals surface area (Å²) in [7, 11) is 2.04. The topological polar surface area (TPSA) is 65.8 Å². The lowest BCUT2D eigenvalue weighted by Crippen LogP contribution is -2.33. The predicted molar refractivity (Wildman–Crippen MR) is 94.3 cm³/mol. The Labute approximate surface area is 138 Å². The zero-order chi connectivity index (χ0) is 16.7. The van der Waals surface area contributed by atoms with Crippen LogP contribution in [0, 0.1) is 12.3 Å². The van der Waals surface area contributed by atoms with E-state index in [1.165, 1.54) is 11.8 Å². The minimum absolute atomic E-state index is 0.379. The van der Waals surface area contributed by atoms with Crippen molar-refractivity contribution in [2.75, 3.05) is 11.9 Å². The van der Waals surface area contributed by atoms with Gasteiger partial charge in [-0.25, -0.2) is 4.98 Å². The second-order valence-corrected chi connectivity index (χ2v) is 5.70. The molecule has 0 fully saturated rings. The van der Waals surface area contributed by atoms with Crippen molar-refractivity contribution in [2.45, 2.75) is 45.6 Å². The van der Waals surface area contributed by atoms with E-state index in [0.29, 0.717) is 30.1 Å². The highest BCUT2D eigenvalue weighted by Crippen LogP contribution is 2.17. The summed E-state index contributed by atoms with van der Waals surface area (Å²) in [4.78, 5) is 15.4. The highest BCUT2D eigenvalue weighted by molar-refractivity contribution is 5.56. The third-order valence-corrected chi connectivity index (χ3v) is 4.01. The maximum atomic E-state index is 7.23. The molecule has 0 saturated heterocycles. The fourth-order valence-corrected chi connectivity index (χ4v) is 2.68. The van der Waals surface area contributed by atoms with E-state index in [1.54, 1.807) is 0 Å². The van der Waals surface area contributed by atoms with Crippen molar-refractivity contribution >= 4 is 12.2 Å². The van der Waals surface area contributed by atoms with Crippen LogP contribution in [0.5, 0.6) is 0 Å². The second kappa shape index (κ2) is 8.36. The molecule has 122 valence electrons. The number of aryl methyl sites for hydroxylation is 2. The Morgan fingerprint density at radius 2 is 1.91 bits per heavy atom. The molecule has 5 nitrogen and oxygen atoms in total. The van der Waals surface area contributed by atoms with E-state index in [4.69, 9.17) is 5.41 Å². The lowest BCUT2D eigenvalue weighted by Gasteiger charge is -2.27. The summed E-state index contributed by atoms with van der Waals surface area (Å²) in [6, 6.07) is 10.9. The maximum Gasteiger partial charge on any atom is 0.228 e. The molecule has 0 bridgehead atoms. The molecule has 1 unspecified atom stereocenters. The number of hydrogen-bond donors (Lipinski definition) is 1. The number of nitrogens with one attached hydrogen (secondary N) is 1. The van der Waals surface area contributed by atoms with Crippen molar-refractivity contribution in [2.24, 2.45) is 0 Å². The molecule has 1 heterocycles. The molecule has 2 rings (SSSR count). The average molecular weight is 311 g/mol. The van der Waals surface area contributed by atoms with Gasteiger partial charge in [0.2, 0.25) is 5.95 Å². The summed E-state index contributed by atoms with van der Waals surface area (Å²) in [6.07, 6.45) is 4.91. The van der Waals surface area contributed by atoms with Crippen molar-refractivity contribution in [3.8, 4) is 0 Å². The van der Waals surface area contributed by atoms with Gasteiger partial charge in [0.25, 0.3) is 0 Å². The molecule has 0 aliphatic heterocycles. The summed E-state index contributed by atoms with van der Waals surface area (Å²) in [5.74, 6) is 2.07. The number of hydrogen-bond acceptors (Lipinski definition) is 5. The molecule has 2 aromatic rings. The number of rotatable bonds is 8. The van der Waals surface area contributed by atoms with Crippen molar-refractivity contribution < 1.29 is 0 Å². The van der Waals surface area contributed by atoms with Gasteiger partial charge in [0, 0.05) is 25.7 Å². The zero-order valence-corrected chi connectivity index (χ0v) is 14.2. The van der Waals surface area contributed by atoms with E-state index >= 15 is 0 Å². The first-order chi connectivity index (χ1) is 11.1. The van der Waals surface area contributed by atoms with Crippen molar-refractivity contribution in [1.29, 1.82) is 5.41 Å². The monoisotopic (exact) mass is 311 g/mol. The van der Waals surface area contributed by atoms with Gasteiger partial charge in [0.15, 0.2) is 0 Å². The fourth-order valence-electron chi connectivity index (χ4n) is 2.68. The van der Waals surface area contributed by atoms with E-state index in [2.05, 4.69) is 51.0 Å². The lowest BCUT2D eigenvalue weighted by atomic mass is 10.0. The first-order valence-electron chi connectivity index (χ1n) is 8.11. The van der Waals surface area contributed by atoms with E-state index in [0.717, 1.165) is 19.3 Å². The third kappa shape index (κ3) is 4.84. The van der Waals surface area contributed by atoms with E-state index in [9.17, 15) is 0 Å². The zero-order valence-electron chi connectivity index (χ0n) is 14.2. The van der Waals surface area contributed by atoms with Gasteiger partial charge in [0.1, 0.15) is 11.6 Å². The van der Waals surface area contributed by atoms with E-state index in [1.807, 2.05) is 20.0 Å². The van der Waals surface area contributed by atoms with Crippen LogP contribution in [0.2, 0.25) is 0 Å². The van der Waals surface area contributed by atoms with Crippen LogP contribution in [0.25, 0.3) is 0 Å². The number of aromatic nitrogens is 3. The minimum Gasteiger partial charge on any atom is -0.341 e. The Bertz CT molecular complexity index is 627. The normalized spacial score (nSPS) is 12.0. The molecular weight excluding hydrogens is 286 g/mol. The van der Waals surface area contributed by atoms with Crippen molar-refractivity contribution in [3.05, 3.63) is 47.5 Å². The molecule has 1 aromatic heterocycles. The molecule has 1 N–H and O–H groups in total. The molecule has 1 atom stereocenters. The Morgan fingerprint density at radius 1 is 1.17 bits per heavy atom. The van der Waals surface area contributed by atoms with Crippen molar-refractivity contribution in [3.63, 3.8) is 0 Å². The first kappa shape index (κ1) is 17.1. The number of benzene rings is 1. The predicted octanol–water partition coefficient (Wildman–Crippen LogP) is 3.22. The summed E-state index contributed by atoms with van der Waals surface area (Å²) < 4.78 is 0. The van der Waals surface area contributed by atoms with Gasteiger partial charge in [-0.2, -0.15) is 9.97 Å². The van der Waals surface area contributed by atoms with Gasteiger partial charge in [-0.1, -0.05) is 37.3 Å². The quantitative estimate of drug-likeness (QED) is 0.760. The summed E-state index contributed by atoms with van der Waals surface area (Å²) >= 11 is 0. The molecule has 0 radical (unpaired) electrons. The molecule has 23 heavy (non-hydrogen) atoms. The smallest absolute Gasteiger partial charge is 0.228 e. The van der Waals surface area contributed by atoms with Gasteiger partial charge in [-0.3, -0.25) is 0 Å². The minimum atomic E-state index is 0.379. The standard InChI is InChI=1S/C18H25N5/c1-4-16(11-10-15-8-6-5-7-9-15)23(3)18-21-14(2)20-17(22-18)12-13-19/h5-9,13,16,19H,4,10-12H2,1-3H3. The van der Waals surface area contributed by atoms with Crippen LogP contribution >= 0.6 is 0 Å². The molecule has 0 spiro atoms. The molecule has 0 aliphatic carbocycles. The summed E-state index contributed by atoms with van der Waals surface area (Å²) in [6.45, 7) is 4.07. The molecule has 0 aliphatic rings. The Morgan fingerprint density at radius 3 is 2.57 bits per heavy atom. The van der Waals surface area contributed by atoms with Crippen LogP contribution in [0.3, 0.4) is 0 Å². The van der Waals surface area contributed by atoms with Crippen LogP contribution in [-0.2, 0) is 12.8 Å². The molecule has 0 amide bonds. The first-order valence-corrected chi connectivity index (χ1v) is 8.11. The molecule has 1 aromatic carbocycles. The van der Waals surface area contributed by atoms with Gasteiger partial charge < -0.3 is 10.3 Å². The summed E-state index contributed by atoms with van der Waals surface area (Å²) in [5, 5.41) is 7.23. The largest absolute Gasteiger partial charge is 0.341 e. The fraction of sp³-hybridized carbons (Fsp3) is 0.444. The number of nitrogens with zero attached hydrogens (tertiary/aromatic N) is 4. The lowest BCUT2D eigenvalue weighted by molar-refractivity contribution is 0.553. The van der Waals surface area contributed by atoms with Crippen LogP contribution < -0.4 is 4.90 Å². The highest BCUT2D eigenvalue weighted by Gasteiger charge is 2.17. The number of anilines is 1. The van der Waals surface area contributed by atoms with Crippen LogP contribution in [0.15, 0.2) is 30.3 Å². The van der Waals surface area contributed by atoms with Gasteiger partial charge in [0.05, 0.1) is 0 Å². The van der Waals surface area contributed by atoms with Gasteiger partial charge in [-0.15, -0.1) is 0 Å². The van der Waals surface area contributed by atoms with Crippen LogP contribution in [-0.4, -0.2) is 34.3 Å². The van der Waals surface area contributed by atoms with Crippen LogP contribution in [0.1, 0.15) is 37.0 Å². The SMILES string of the molecule is CCC(CCc1ccccc1)N(C)c1nc(C)nc(CC=N)n1. The maximum absolute atomic E-state index is 7.23. The van der Waals surface area contributed by atoms with Gasteiger partial charge in [-0.05, 0) is 31.7 Å². The third-order valence-electron chi connectivity index (χ3n) is 4.01. The van der Waals surface area contributed by atoms with E-state index in [-0.39, 0.29) is 0 Å². The summed E-state index contributed by atoms with van der Waals surface area (Å²) in [5.41, 5.74) is 1.36. The second-order valence-electron chi connectivity index (χ2n) is 5.70. The molecule has 0 saturated carbocycles. The van der Waals surface area contributed by atoms with Crippen molar-refractivity contribution in [1.82, 2.24) is 15.0 Å². The highest BCUT2D eigenvalue weighted by atomic mass is 15.3. The molecular formula is C18H25N5. The van der Waals surface area contributed by atoms with Gasteiger partial charge >= 0.3 is 0 Å². The Hall–Kier alpha value is -2.30. The average Bonchev–Trinajstić information content (AvgIpc) is 2.56. The Balaban J connectivity index is 2.09. The van der Waals surface area contributed by atoms with Crippen LogP contribution in [0.4, 0.5) is 5.95 Å².